The maximum absolute atomic E-state index is 11.6. The van der Waals surface area contributed by atoms with Crippen LogP contribution >= 0.6 is 0 Å². The average molecular weight is 311 g/mol. The summed E-state index contributed by atoms with van der Waals surface area (Å²) < 4.78 is 25.2. The minimum atomic E-state index is -2.91. The van der Waals surface area contributed by atoms with Crippen LogP contribution < -0.4 is 4.90 Å². The van der Waals surface area contributed by atoms with Crippen molar-refractivity contribution in [1.29, 1.82) is 5.26 Å². The molecule has 1 aromatic rings. The summed E-state index contributed by atoms with van der Waals surface area (Å²) in [6, 6.07) is 2.12. The van der Waals surface area contributed by atoms with Crippen LogP contribution in [0.25, 0.3) is 0 Å². The summed E-state index contributed by atoms with van der Waals surface area (Å²) in [7, 11) is -0.923. The predicted octanol–water partition coefficient (Wildman–Crippen LogP) is -0.214. The lowest BCUT2D eigenvalue weighted by Gasteiger charge is -2.17. The van der Waals surface area contributed by atoms with Crippen molar-refractivity contribution in [2.45, 2.75) is 45.8 Å². The second kappa shape index (κ2) is 5.78. The normalized spacial score (nSPS) is 23.7. The zero-order chi connectivity index (χ0) is 15.8. The van der Waals surface area contributed by atoms with E-state index < -0.39 is 9.84 Å². The Bertz CT molecular complexity index is 672. The molecule has 1 unspecified atom stereocenters. The molecule has 0 saturated carbocycles. The molecule has 0 radical (unpaired) electrons. The van der Waals surface area contributed by atoms with E-state index in [1.165, 1.54) is 0 Å². The maximum Gasteiger partial charge on any atom is 0.172 e. The van der Waals surface area contributed by atoms with Gasteiger partial charge in [-0.25, -0.2) is 8.42 Å². The molecular weight excluding hydrogens is 288 g/mol. The van der Waals surface area contributed by atoms with Gasteiger partial charge in [-0.2, -0.15) is 10.4 Å². The number of quaternary nitrogens is 1. The number of aromatic nitrogens is 2. The van der Waals surface area contributed by atoms with Crippen LogP contribution in [-0.4, -0.2) is 42.8 Å². The fourth-order valence-electron chi connectivity index (χ4n) is 2.82. The average Bonchev–Trinajstić information content (AvgIpc) is 2.91. The van der Waals surface area contributed by atoms with Crippen LogP contribution in [-0.2, 0) is 16.4 Å². The van der Waals surface area contributed by atoms with Crippen molar-refractivity contribution >= 4 is 9.84 Å². The second-order valence-corrected chi connectivity index (χ2v) is 8.25. The number of aryl methyl sites for hydroxylation is 1. The predicted molar refractivity (Wildman–Crippen MR) is 79.7 cm³/mol. The highest BCUT2D eigenvalue weighted by molar-refractivity contribution is 7.91. The first-order chi connectivity index (χ1) is 9.75. The Balaban J connectivity index is 2.24. The highest BCUT2D eigenvalue weighted by Crippen LogP contribution is 2.26. The summed E-state index contributed by atoms with van der Waals surface area (Å²) in [5, 5.41) is 13.6. The van der Waals surface area contributed by atoms with Gasteiger partial charge in [0.2, 0.25) is 0 Å². The zero-order valence-electron chi connectivity index (χ0n) is 13.0. The minimum absolute atomic E-state index is 0.0452. The van der Waals surface area contributed by atoms with Crippen LogP contribution in [0.5, 0.6) is 0 Å². The first-order valence-electron chi connectivity index (χ1n) is 7.22. The molecule has 1 saturated heterocycles. The molecule has 3 atom stereocenters. The van der Waals surface area contributed by atoms with Gasteiger partial charge in [-0.3, -0.25) is 4.68 Å². The molecule has 7 heteroatoms. The molecule has 1 aromatic heterocycles. The first-order valence-corrected chi connectivity index (χ1v) is 9.04. The Kier molecular flexibility index (Phi) is 4.40. The van der Waals surface area contributed by atoms with Crippen molar-refractivity contribution in [2.24, 2.45) is 0 Å². The quantitative estimate of drug-likeness (QED) is 0.834. The third-order valence-electron chi connectivity index (χ3n) is 4.42. The molecule has 1 aliphatic heterocycles. The number of nitrogens with zero attached hydrogens (tertiary/aromatic N) is 3. The van der Waals surface area contributed by atoms with Gasteiger partial charge in [-0.05, 0) is 20.3 Å². The largest absolute Gasteiger partial charge is 0.319 e. The smallest absolute Gasteiger partial charge is 0.172 e. The fourth-order valence-corrected chi connectivity index (χ4v) is 4.51. The van der Waals surface area contributed by atoms with E-state index in [0.29, 0.717) is 6.42 Å². The number of hydrogen-bond acceptors (Lipinski definition) is 4. The van der Waals surface area contributed by atoms with Gasteiger partial charge in [-0.15, -0.1) is 0 Å². The summed E-state index contributed by atoms with van der Waals surface area (Å²) in [5.41, 5.74) is 3.08. The van der Waals surface area contributed by atoms with Crippen LogP contribution in [0.1, 0.15) is 36.3 Å². The molecule has 2 rings (SSSR count). The van der Waals surface area contributed by atoms with Crippen LogP contribution in [0.4, 0.5) is 0 Å². The Morgan fingerprint density at radius 2 is 2.19 bits per heavy atom. The van der Waals surface area contributed by atoms with Gasteiger partial charge in [-0.1, -0.05) is 0 Å². The SMILES string of the molecule is Cc1nn([C@@H]2CCS(=O)(=O)C2)c(C)c1C[NH+](C)[C@@H](C)C#N. The van der Waals surface area contributed by atoms with Crippen molar-refractivity contribution in [3.05, 3.63) is 17.0 Å². The van der Waals surface area contributed by atoms with Crippen molar-refractivity contribution < 1.29 is 13.3 Å². The second-order valence-electron chi connectivity index (χ2n) is 6.02. The lowest BCUT2D eigenvalue weighted by molar-refractivity contribution is -0.909. The monoisotopic (exact) mass is 311 g/mol. The standard InChI is InChI=1S/C14H22N4O2S/c1-10(7-15)17(4)8-14-11(2)16-18(12(14)3)13-5-6-21(19,20)9-13/h10,13H,5-6,8-9H2,1-4H3/p+1/t10-,13+/m0/s1. The molecule has 0 spiro atoms. The van der Waals surface area contributed by atoms with Crippen LogP contribution in [0, 0.1) is 25.2 Å². The molecule has 2 heterocycles. The van der Waals surface area contributed by atoms with Gasteiger partial charge in [0.05, 0.1) is 35.9 Å². The van der Waals surface area contributed by atoms with Crippen molar-refractivity contribution in [3.8, 4) is 6.07 Å². The topological polar surface area (TPSA) is 80.2 Å². The molecule has 0 aromatic carbocycles. The highest BCUT2D eigenvalue weighted by atomic mass is 32.2. The highest BCUT2D eigenvalue weighted by Gasteiger charge is 2.32. The Labute approximate surface area is 126 Å². The molecule has 0 bridgehead atoms. The summed E-state index contributed by atoms with van der Waals surface area (Å²) in [5.74, 6) is 0.438. The van der Waals surface area contributed by atoms with Crippen molar-refractivity contribution in [2.75, 3.05) is 18.6 Å². The number of nitriles is 1. The first kappa shape index (κ1) is 16.0. The Morgan fingerprint density at radius 3 is 2.71 bits per heavy atom. The van der Waals surface area contributed by atoms with Crippen molar-refractivity contribution in [3.63, 3.8) is 0 Å². The molecule has 0 aliphatic carbocycles. The van der Waals surface area contributed by atoms with Crippen LogP contribution in [0.2, 0.25) is 0 Å². The third kappa shape index (κ3) is 3.27. The molecule has 6 nitrogen and oxygen atoms in total. The van der Waals surface area contributed by atoms with Gasteiger partial charge in [0.15, 0.2) is 15.9 Å². The van der Waals surface area contributed by atoms with E-state index in [2.05, 4.69) is 11.2 Å². The maximum atomic E-state index is 11.6. The third-order valence-corrected chi connectivity index (χ3v) is 6.17. The molecule has 1 aliphatic rings. The van der Waals surface area contributed by atoms with E-state index in [4.69, 9.17) is 5.26 Å². The molecule has 0 amide bonds. The summed E-state index contributed by atoms with van der Waals surface area (Å²) in [6.45, 7) is 6.57. The number of sulfone groups is 1. The molecule has 116 valence electrons. The van der Waals surface area contributed by atoms with E-state index in [1.807, 2.05) is 32.5 Å². The molecule has 1 fully saturated rings. The van der Waals surface area contributed by atoms with Gasteiger partial charge in [0.25, 0.3) is 0 Å². The van der Waals surface area contributed by atoms with Gasteiger partial charge in [0.1, 0.15) is 12.6 Å². The van der Waals surface area contributed by atoms with E-state index in [0.717, 1.165) is 28.4 Å². The lowest BCUT2D eigenvalue weighted by Crippen LogP contribution is -3.11. The lowest BCUT2D eigenvalue weighted by atomic mass is 10.1. The Hall–Kier alpha value is -1.39. The molecular formula is C14H23N4O2S+. The number of hydrogen-bond donors (Lipinski definition) is 1. The van der Waals surface area contributed by atoms with Gasteiger partial charge in [0, 0.05) is 12.6 Å². The fraction of sp³-hybridized carbons (Fsp3) is 0.714. The molecule has 21 heavy (non-hydrogen) atoms. The summed E-state index contributed by atoms with van der Waals surface area (Å²) in [6.07, 6.45) is 0.640. The number of rotatable bonds is 4. The van der Waals surface area contributed by atoms with E-state index >= 15 is 0 Å². The van der Waals surface area contributed by atoms with Crippen molar-refractivity contribution in [1.82, 2.24) is 9.78 Å². The minimum Gasteiger partial charge on any atom is -0.319 e. The summed E-state index contributed by atoms with van der Waals surface area (Å²) in [4.78, 5) is 1.11. The number of nitrogens with one attached hydrogen (secondary N) is 1. The van der Waals surface area contributed by atoms with Gasteiger partial charge < -0.3 is 4.90 Å². The summed E-state index contributed by atoms with van der Waals surface area (Å²) >= 11 is 0. The van der Waals surface area contributed by atoms with E-state index in [1.54, 1.807) is 0 Å². The Morgan fingerprint density at radius 1 is 1.52 bits per heavy atom. The van der Waals surface area contributed by atoms with Crippen LogP contribution in [0.15, 0.2) is 0 Å². The van der Waals surface area contributed by atoms with Gasteiger partial charge >= 0.3 is 0 Å². The molecule has 1 N–H and O–H groups in total. The van der Waals surface area contributed by atoms with E-state index in [-0.39, 0.29) is 23.6 Å². The van der Waals surface area contributed by atoms with Crippen LogP contribution in [0.3, 0.4) is 0 Å². The zero-order valence-corrected chi connectivity index (χ0v) is 13.9. The van der Waals surface area contributed by atoms with E-state index in [9.17, 15) is 8.42 Å².